The zero-order chi connectivity index (χ0) is 8.15. The maximum absolute atomic E-state index is 9.46. The minimum Gasteiger partial charge on any atom is -0.390 e. The first-order valence-electron chi connectivity index (χ1n) is 3.84. The van der Waals surface area contributed by atoms with Crippen molar-refractivity contribution in [2.75, 3.05) is 7.11 Å². The summed E-state index contributed by atoms with van der Waals surface area (Å²) in [5.74, 6) is 0.282. The van der Waals surface area contributed by atoms with Crippen LogP contribution in [-0.4, -0.2) is 24.4 Å². The van der Waals surface area contributed by atoms with Crippen LogP contribution in [-0.2, 0) is 4.74 Å². The van der Waals surface area contributed by atoms with Gasteiger partial charge in [-0.05, 0) is 12.3 Å². The third kappa shape index (κ3) is 2.67. The normalized spacial score (nSPS) is 17.4. The number of aliphatic hydroxyl groups excluding tert-OH is 1. The lowest BCUT2D eigenvalue weighted by atomic mass is 10.0. The predicted molar refractivity (Wildman–Crippen MR) is 41.9 cm³/mol. The Morgan fingerprint density at radius 2 is 1.90 bits per heavy atom. The van der Waals surface area contributed by atoms with Crippen molar-refractivity contribution in [2.24, 2.45) is 5.92 Å². The van der Waals surface area contributed by atoms with Crippen molar-refractivity contribution in [1.29, 1.82) is 0 Å². The van der Waals surface area contributed by atoms with E-state index in [2.05, 4.69) is 0 Å². The van der Waals surface area contributed by atoms with Crippen LogP contribution in [0.1, 0.15) is 27.2 Å². The number of aliphatic hydroxyl groups is 1. The fourth-order valence-electron chi connectivity index (χ4n) is 0.977. The van der Waals surface area contributed by atoms with Gasteiger partial charge in [0.15, 0.2) is 0 Å². The van der Waals surface area contributed by atoms with Crippen molar-refractivity contribution in [1.82, 2.24) is 0 Å². The Balaban J connectivity index is 3.76. The molecule has 0 aromatic rings. The van der Waals surface area contributed by atoms with E-state index < -0.39 is 0 Å². The van der Waals surface area contributed by atoms with E-state index in [4.69, 9.17) is 4.74 Å². The van der Waals surface area contributed by atoms with Crippen molar-refractivity contribution >= 4 is 0 Å². The van der Waals surface area contributed by atoms with Crippen LogP contribution in [0.5, 0.6) is 0 Å². The molecule has 2 atom stereocenters. The minimum atomic E-state index is -0.324. The molecule has 0 heterocycles. The van der Waals surface area contributed by atoms with Crippen molar-refractivity contribution < 1.29 is 9.84 Å². The van der Waals surface area contributed by atoms with Crippen molar-refractivity contribution in [2.45, 2.75) is 39.4 Å². The second-order valence-electron chi connectivity index (χ2n) is 2.92. The van der Waals surface area contributed by atoms with Crippen molar-refractivity contribution in [3.8, 4) is 0 Å². The zero-order valence-corrected chi connectivity index (χ0v) is 7.29. The second kappa shape index (κ2) is 4.69. The van der Waals surface area contributed by atoms with Crippen LogP contribution < -0.4 is 0 Å². The number of hydrogen-bond donors (Lipinski definition) is 1. The molecule has 10 heavy (non-hydrogen) atoms. The maximum atomic E-state index is 9.46. The lowest BCUT2D eigenvalue weighted by Gasteiger charge is -2.22. The van der Waals surface area contributed by atoms with Gasteiger partial charge >= 0.3 is 0 Å². The SMILES string of the molecule is CCC(OC)C(O)C(C)C. The van der Waals surface area contributed by atoms with Gasteiger partial charge in [0, 0.05) is 7.11 Å². The molecule has 0 bridgehead atoms. The van der Waals surface area contributed by atoms with Crippen LogP contribution >= 0.6 is 0 Å². The summed E-state index contributed by atoms with van der Waals surface area (Å²) >= 11 is 0. The molecule has 0 aromatic heterocycles. The number of ether oxygens (including phenoxy) is 1. The molecular formula is C8H18O2. The third-order valence-corrected chi connectivity index (χ3v) is 1.77. The highest BCUT2D eigenvalue weighted by molar-refractivity contribution is 4.69. The molecule has 0 aliphatic heterocycles. The molecular weight excluding hydrogens is 128 g/mol. The average molecular weight is 146 g/mol. The molecule has 0 rings (SSSR count). The molecule has 0 saturated carbocycles. The van der Waals surface area contributed by atoms with Gasteiger partial charge in [-0.25, -0.2) is 0 Å². The van der Waals surface area contributed by atoms with Gasteiger partial charge in [-0.1, -0.05) is 20.8 Å². The van der Waals surface area contributed by atoms with Gasteiger partial charge in [0.05, 0.1) is 12.2 Å². The van der Waals surface area contributed by atoms with Gasteiger partial charge < -0.3 is 9.84 Å². The van der Waals surface area contributed by atoms with E-state index in [1.807, 2.05) is 20.8 Å². The van der Waals surface area contributed by atoms with E-state index in [1.54, 1.807) is 7.11 Å². The standard InChI is InChI=1S/C8H18O2/c1-5-7(10-4)8(9)6(2)3/h6-9H,5H2,1-4H3. The summed E-state index contributed by atoms with van der Waals surface area (Å²) < 4.78 is 5.07. The first-order chi connectivity index (χ1) is 4.63. The Bertz CT molecular complexity index is 77.3. The summed E-state index contributed by atoms with van der Waals surface area (Å²) in [5.41, 5.74) is 0. The van der Waals surface area contributed by atoms with Crippen LogP contribution in [0.3, 0.4) is 0 Å². The highest BCUT2D eigenvalue weighted by atomic mass is 16.5. The molecule has 0 aliphatic carbocycles. The van der Waals surface area contributed by atoms with E-state index in [1.165, 1.54) is 0 Å². The average Bonchev–Trinajstić information content (AvgIpc) is 1.90. The fraction of sp³-hybridized carbons (Fsp3) is 1.00. The minimum absolute atomic E-state index is 0.000000000000000444. The van der Waals surface area contributed by atoms with Crippen molar-refractivity contribution in [3.05, 3.63) is 0 Å². The highest BCUT2D eigenvalue weighted by Gasteiger charge is 2.19. The largest absolute Gasteiger partial charge is 0.390 e. The van der Waals surface area contributed by atoms with Crippen LogP contribution in [0, 0.1) is 5.92 Å². The summed E-state index contributed by atoms with van der Waals surface area (Å²) in [6, 6.07) is 0. The molecule has 2 nitrogen and oxygen atoms in total. The van der Waals surface area contributed by atoms with E-state index in [0.717, 1.165) is 6.42 Å². The molecule has 0 saturated heterocycles. The molecule has 62 valence electrons. The molecule has 1 N–H and O–H groups in total. The van der Waals surface area contributed by atoms with Crippen LogP contribution in [0.2, 0.25) is 0 Å². The molecule has 2 heteroatoms. The van der Waals surface area contributed by atoms with Gasteiger partial charge in [0.2, 0.25) is 0 Å². The van der Waals surface area contributed by atoms with E-state index >= 15 is 0 Å². The Morgan fingerprint density at radius 3 is 2.00 bits per heavy atom. The molecule has 0 amide bonds. The summed E-state index contributed by atoms with van der Waals surface area (Å²) in [5, 5.41) is 9.46. The summed E-state index contributed by atoms with van der Waals surface area (Å²) in [4.78, 5) is 0. The fourth-order valence-corrected chi connectivity index (χ4v) is 0.977. The van der Waals surface area contributed by atoms with Gasteiger partial charge in [0.25, 0.3) is 0 Å². The monoisotopic (exact) mass is 146 g/mol. The summed E-state index contributed by atoms with van der Waals surface area (Å²) in [6.45, 7) is 6.00. The third-order valence-electron chi connectivity index (χ3n) is 1.77. The zero-order valence-electron chi connectivity index (χ0n) is 7.29. The van der Waals surface area contributed by atoms with Gasteiger partial charge in [-0.15, -0.1) is 0 Å². The maximum Gasteiger partial charge on any atom is 0.0830 e. The first kappa shape index (κ1) is 9.92. The topological polar surface area (TPSA) is 29.5 Å². The molecule has 0 aliphatic rings. The molecule has 2 unspecified atom stereocenters. The van der Waals surface area contributed by atoms with E-state index in [0.29, 0.717) is 0 Å². The number of rotatable bonds is 4. The lowest BCUT2D eigenvalue weighted by Crippen LogP contribution is -2.31. The van der Waals surface area contributed by atoms with Crippen LogP contribution in [0.25, 0.3) is 0 Å². The quantitative estimate of drug-likeness (QED) is 0.650. The summed E-state index contributed by atoms with van der Waals surface area (Å²) in [6.07, 6.45) is 0.547. The van der Waals surface area contributed by atoms with Crippen LogP contribution in [0.15, 0.2) is 0 Å². The smallest absolute Gasteiger partial charge is 0.0830 e. The number of methoxy groups -OCH3 is 1. The first-order valence-corrected chi connectivity index (χ1v) is 3.84. The predicted octanol–water partition coefficient (Wildman–Crippen LogP) is 1.43. The lowest BCUT2D eigenvalue weighted by molar-refractivity contribution is -0.0354. The highest BCUT2D eigenvalue weighted by Crippen LogP contribution is 2.11. The molecule has 0 spiro atoms. The van der Waals surface area contributed by atoms with Gasteiger partial charge in [-0.2, -0.15) is 0 Å². The van der Waals surface area contributed by atoms with Crippen LogP contribution in [0.4, 0.5) is 0 Å². The number of hydrogen-bond acceptors (Lipinski definition) is 2. The Morgan fingerprint density at radius 1 is 1.40 bits per heavy atom. The summed E-state index contributed by atoms with van der Waals surface area (Å²) in [7, 11) is 1.64. The molecule has 0 radical (unpaired) electrons. The van der Waals surface area contributed by atoms with Crippen molar-refractivity contribution in [3.63, 3.8) is 0 Å². The Hall–Kier alpha value is -0.0800. The van der Waals surface area contributed by atoms with E-state index in [9.17, 15) is 5.11 Å². The molecule has 0 fully saturated rings. The second-order valence-corrected chi connectivity index (χ2v) is 2.92. The Labute approximate surface area is 63.2 Å². The van der Waals surface area contributed by atoms with Gasteiger partial charge in [0.1, 0.15) is 0 Å². The Kier molecular flexibility index (Phi) is 4.65. The molecule has 0 aromatic carbocycles. The van der Waals surface area contributed by atoms with E-state index in [-0.39, 0.29) is 18.1 Å². The van der Waals surface area contributed by atoms with Gasteiger partial charge in [-0.3, -0.25) is 0 Å².